The number of aliphatic carboxylic acids is 1. The van der Waals surface area contributed by atoms with Gasteiger partial charge in [0.25, 0.3) is 0 Å². The van der Waals surface area contributed by atoms with E-state index in [2.05, 4.69) is 0 Å². The summed E-state index contributed by atoms with van der Waals surface area (Å²) in [5.41, 5.74) is 6.26. The summed E-state index contributed by atoms with van der Waals surface area (Å²) in [5, 5.41) is 27.6. The first-order chi connectivity index (χ1) is 8.31. The van der Waals surface area contributed by atoms with E-state index >= 15 is 0 Å². The van der Waals surface area contributed by atoms with Crippen molar-refractivity contribution >= 4 is 5.97 Å². The van der Waals surface area contributed by atoms with Crippen LogP contribution in [-0.2, 0) is 4.79 Å². The highest BCUT2D eigenvalue weighted by Crippen LogP contribution is 2.32. The maximum atomic E-state index is 10.7. The summed E-state index contributed by atoms with van der Waals surface area (Å²) >= 11 is 0. The molecule has 5 heteroatoms. The normalized spacial score (nSPS) is 15.9. The van der Waals surface area contributed by atoms with E-state index in [1.807, 2.05) is 13.8 Å². The predicted molar refractivity (Wildman–Crippen MR) is 67.6 cm³/mol. The molecule has 0 fully saturated rings. The van der Waals surface area contributed by atoms with Crippen LogP contribution in [0.15, 0.2) is 18.2 Å². The van der Waals surface area contributed by atoms with Crippen LogP contribution in [0, 0.1) is 5.92 Å². The minimum absolute atomic E-state index is 0.00611. The average molecular weight is 253 g/mol. The van der Waals surface area contributed by atoms with Gasteiger partial charge in [-0.3, -0.25) is 4.79 Å². The molecule has 100 valence electrons. The molecule has 5 nitrogen and oxygen atoms in total. The maximum Gasteiger partial charge on any atom is 0.320 e. The third-order valence-corrected chi connectivity index (χ3v) is 3.25. The molecule has 0 bridgehead atoms. The second kappa shape index (κ2) is 5.73. The van der Waals surface area contributed by atoms with Gasteiger partial charge in [-0.1, -0.05) is 13.8 Å². The molecule has 18 heavy (non-hydrogen) atoms. The third kappa shape index (κ3) is 3.63. The van der Waals surface area contributed by atoms with Crippen LogP contribution in [0.2, 0.25) is 0 Å². The molecular weight excluding hydrogens is 234 g/mol. The van der Waals surface area contributed by atoms with Crippen molar-refractivity contribution in [2.24, 2.45) is 11.7 Å². The minimum Gasteiger partial charge on any atom is -0.508 e. The van der Waals surface area contributed by atoms with Gasteiger partial charge in [0.05, 0.1) is 0 Å². The van der Waals surface area contributed by atoms with Gasteiger partial charge in [-0.05, 0) is 36.0 Å². The highest BCUT2D eigenvalue weighted by molar-refractivity contribution is 5.73. The summed E-state index contributed by atoms with van der Waals surface area (Å²) in [4.78, 5) is 10.7. The Morgan fingerprint density at radius 1 is 1.22 bits per heavy atom. The molecule has 0 radical (unpaired) electrons. The Morgan fingerprint density at radius 3 is 2.17 bits per heavy atom. The van der Waals surface area contributed by atoms with Crippen molar-refractivity contribution in [3.05, 3.63) is 23.8 Å². The van der Waals surface area contributed by atoms with Crippen LogP contribution >= 0.6 is 0 Å². The first kappa shape index (κ1) is 14.3. The molecule has 0 aliphatic heterocycles. The molecule has 0 aliphatic carbocycles. The monoisotopic (exact) mass is 253 g/mol. The molecule has 0 spiro atoms. The van der Waals surface area contributed by atoms with Crippen LogP contribution in [0.3, 0.4) is 0 Å². The van der Waals surface area contributed by atoms with Gasteiger partial charge in [0, 0.05) is 6.07 Å². The molecule has 0 saturated carbocycles. The number of phenolic OH excluding ortho intramolecular Hbond substituents is 2. The Balaban J connectivity index is 2.79. The minimum atomic E-state index is -1.02. The lowest BCUT2D eigenvalue weighted by Gasteiger charge is -2.22. The fourth-order valence-electron chi connectivity index (χ4n) is 1.91. The predicted octanol–water partition coefficient (Wildman–Crippen LogP) is 1.64. The third-order valence-electron chi connectivity index (χ3n) is 3.25. The highest BCUT2D eigenvalue weighted by Gasteiger charge is 2.21. The smallest absolute Gasteiger partial charge is 0.320 e. The first-order valence-electron chi connectivity index (χ1n) is 5.82. The lowest BCUT2D eigenvalue weighted by Crippen LogP contribution is -2.32. The number of carboxylic acids is 1. The van der Waals surface area contributed by atoms with E-state index in [1.54, 1.807) is 12.1 Å². The molecule has 3 unspecified atom stereocenters. The van der Waals surface area contributed by atoms with Gasteiger partial charge in [-0.15, -0.1) is 0 Å². The highest BCUT2D eigenvalue weighted by atomic mass is 16.4. The van der Waals surface area contributed by atoms with Gasteiger partial charge in [0.2, 0.25) is 0 Å². The standard InChI is InChI=1S/C13H19NO4/c1-7(3-12(14)13(17)18)8(2)9-4-10(15)6-11(16)5-9/h4-8,12,15-16H,3,14H2,1-2H3,(H,17,18). The van der Waals surface area contributed by atoms with E-state index in [9.17, 15) is 15.0 Å². The van der Waals surface area contributed by atoms with E-state index in [4.69, 9.17) is 10.8 Å². The summed E-state index contributed by atoms with van der Waals surface area (Å²) in [6, 6.07) is 3.48. The second-order valence-electron chi connectivity index (χ2n) is 4.73. The van der Waals surface area contributed by atoms with Crippen LogP contribution in [0.5, 0.6) is 11.5 Å². The molecule has 0 heterocycles. The second-order valence-corrected chi connectivity index (χ2v) is 4.73. The summed E-state index contributed by atoms with van der Waals surface area (Å²) < 4.78 is 0. The number of benzene rings is 1. The number of phenols is 2. The summed E-state index contributed by atoms with van der Waals surface area (Å²) in [6.45, 7) is 3.81. The number of nitrogens with two attached hydrogens (primary N) is 1. The van der Waals surface area contributed by atoms with Crippen molar-refractivity contribution in [2.45, 2.75) is 32.2 Å². The van der Waals surface area contributed by atoms with E-state index in [0.717, 1.165) is 5.56 Å². The van der Waals surface area contributed by atoms with Crippen molar-refractivity contribution in [2.75, 3.05) is 0 Å². The number of aromatic hydroxyl groups is 2. The number of carbonyl (C=O) groups is 1. The Labute approximate surface area is 106 Å². The van der Waals surface area contributed by atoms with Gasteiger partial charge in [-0.25, -0.2) is 0 Å². The van der Waals surface area contributed by atoms with Gasteiger partial charge in [0.1, 0.15) is 17.5 Å². The van der Waals surface area contributed by atoms with Gasteiger partial charge < -0.3 is 21.1 Å². The number of hydrogen-bond donors (Lipinski definition) is 4. The molecule has 3 atom stereocenters. The molecule has 5 N–H and O–H groups in total. The van der Waals surface area contributed by atoms with Crippen molar-refractivity contribution in [3.63, 3.8) is 0 Å². The topological polar surface area (TPSA) is 104 Å². The van der Waals surface area contributed by atoms with Crippen molar-refractivity contribution in [1.82, 2.24) is 0 Å². The Morgan fingerprint density at radius 2 is 1.72 bits per heavy atom. The fourth-order valence-corrected chi connectivity index (χ4v) is 1.91. The zero-order valence-corrected chi connectivity index (χ0v) is 10.5. The molecule has 0 saturated heterocycles. The Hall–Kier alpha value is -1.75. The molecule has 0 aliphatic rings. The lowest BCUT2D eigenvalue weighted by molar-refractivity contribution is -0.138. The number of hydrogen-bond acceptors (Lipinski definition) is 4. The van der Waals surface area contributed by atoms with Crippen LogP contribution in [-0.4, -0.2) is 27.3 Å². The van der Waals surface area contributed by atoms with Crippen molar-refractivity contribution in [1.29, 1.82) is 0 Å². The fraction of sp³-hybridized carbons (Fsp3) is 0.462. The van der Waals surface area contributed by atoms with E-state index in [0.29, 0.717) is 6.42 Å². The average Bonchev–Trinajstić information content (AvgIpc) is 2.26. The molecule has 1 aromatic rings. The molecule has 1 aromatic carbocycles. The van der Waals surface area contributed by atoms with Crippen molar-refractivity contribution in [3.8, 4) is 11.5 Å². The number of rotatable bonds is 5. The first-order valence-corrected chi connectivity index (χ1v) is 5.82. The van der Waals surface area contributed by atoms with E-state index in [-0.39, 0.29) is 23.3 Å². The molecule has 1 rings (SSSR count). The Kier molecular flexibility index (Phi) is 4.55. The molecule has 0 amide bonds. The van der Waals surface area contributed by atoms with Gasteiger partial charge in [0.15, 0.2) is 0 Å². The quantitative estimate of drug-likeness (QED) is 0.638. The molecular formula is C13H19NO4. The van der Waals surface area contributed by atoms with Crippen molar-refractivity contribution < 1.29 is 20.1 Å². The number of carboxylic acid groups (broad SMARTS) is 1. The van der Waals surface area contributed by atoms with Crippen LogP contribution in [0.1, 0.15) is 31.7 Å². The SMILES string of the molecule is CC(CC(N)C(=O)O)C(C)c1cc(O)cc(O)c1. The van der Waals surface area contributed by atoms with Crippen LogP contribution in [0.25, 0.3) is 0 Å². The van der Waals surface area contributed by atoms with Crippen LogP contribution < -0.4 is 5.73 Å². The van der Waals surface area contributed by atoms with Gasteiger partial charge >= 0.3 is 5.97 Å². The van der Waals surface area contributed by atoms with E-state index in [1.165, 1.54) is 6.07 Å². The lowest BCUT2D eigenvalue weighted by atomic mass is 9.84. The summed E-state index contributed by atoms with van der Waals surface area (Å²) in [6.07, 6.45) is 0.340. The summed E-state index contributed by atoms with van der Waals surface area (Å²) in [7, 11) is 0. The van der Waals surface area contributed by atoms with E-state index < -0.39 is 12.0 Å². The summed E-state index contributed by atoms with van der Waals surface area (Å²) in [5.74, 6) is -1.02. The molecule has 0 aromatic heterocycles. The van der Waals surface area contributed by atoms with Crippen LogP contribution in [0.4, 0.5) is 0 Å². The Bertz CT molecular complexity index is 413. The largest absolute Gasteiger partial charge is 0.508 e. The zero-order chi connectivity index (χ0) is 13.9. The van der Waals surface area contributed by atoms with Gasteiger partial charge in [-0.2, -0.15) is 0 Å². The maximum absolute atomic E-state index is 10.7. The zero-order valence-electron chi connectivity index (χ0n) is 10.5.